The Kier molecular flexibility index (Phi) is 4.95. The summed E-state index contributed by atoms with van der Waals surface area (Å²) < 4.78 is 26.5. The van der Waals surface area contributed by atoms with E-state index in [0.717, 1.165) is 5.56 Å². The van der Waals surface area contributed by atoms with Gasteiger partial charge in [0.05, 0.1) is 17.1 Å². The molecular formula is C22H17FN2O4. The number of benzene rings is 2. The van der Waals surface area contributed by atoms with Crippen molar-refractivity contribution in [1.29, 1.82) is 0 Å². The van der Waals surface area contributed by atoms with Crippen LogP contribution in [0, 0.1) is 12.7 Å². The second-order valence-electron chi connectivity index (χ2n) is 6.50. The molecule has 0 amide bonds. The van der Waals surface area contributed by atoms with E-state index in [1.165, 1.54) is 29.2 Å². The van der Waals surface area contributed by atoms with Gasteiger partial charge in [0.1, 0.15) is 25.2 Å². The Balaban J connectivity index is 1.82. The maximum absolute atomic E-state index is 14.5. The van der Waals surface area contributed by atoms with Crippen LogP contribution >= 0.6 is 0 Å². The number of pyridine rings is 1. The largest absolute Gasteiger partial charge is 0.457 e. The van der Waals surface area contributed by atoms with Gasteiger partial charge in [-0.2, -0.15) is 0 Å². The highest BCUT2D eigenvalue weighted by molar-refractivity contribution is 6.05. The minimum atomic E-state index is -0.703. The Morgan fingerprint density at radius 3 is 2.69 bits per heavy atom. The summed E-state index contributed by atoms with van der Waals surface area (Å²) in [5.74, 6) is -1.07. The molecule has 0 radical (unpaired) electrons. The zero-order chi connectivity index (χ0) is 20.4. The summed E-state index contributed by atoms with van der Waals surface area (Å²) in [4.78, 5) is 29.9. The highest BCUT2D eigenvalue weighted by Crippen LogP contribution is 2.23. The van der Waals surface area contributed by atoms with Gasteiger partial charge in [0, 0.05) is 11.1 Å². The van der Waals surface area contributed by atoms with Crippen LogP contribution in [0.3, 0.4) is 0 Å². The van der Waals surface area contributed by atoms with Gasteiger partial charge >= 0.3 is 5.97 Å². The zero-order valence-electron chi connectivity index (χ0n) is 15.6. The fourth-order valence-corrected chi connectivity index (χ4v) is 3.28. The van der Waals surface area contributed by atoms with Crippen LogP contribution in [0.2, 0.25) is 0 Å². The maximum atomic E-state index is 14.5. The van der Waals surface area contributed by atoms with Crippen molar-refractivity contribution >= 4 is 16.7 Å². The third-order valence-electron chi connectivity index (χ3n) is 4.70. The van der Waals surface area contributed by atoms with Gasteiger partial charge in [-0.25, -0.2) is 14.2 Å². The molecule has 6 nitrogen and oxygen atoms in total. The van der Waals surface area contributed by atoms with E-state index >= 15 is 0 Å². The summed E-state index contributed by atoms with van der Waals surface area (Å²) in [5.41, 5.74) is 0.751. The Labute approximate surface area is 165 Å². The van der Waals surface area contributed by atoms with Gasteiger partial charge in [0.15, 0.2) is 0 Å². The lowest BCUT2D eigenvalue weighted by molar-refractivity contribution is 0.0473. The smallest absolute Gasteiger partial charge is 0.340 e. The Morgan fingerprint density at radius 1 is 1.17 bits per heavy atom. The summed E-state index contributed by atoms with van der Waals surface area (Å²) in [7, 11) is 0. The molecule has 0 fully saturated rings. The van der Waals surface area contributed by atoms with Gasteiger partial charge in [-0.3, -0.25) is 4.79 Å². The molecule has 0 saturated carbocycles. The standard InChI is InChI=1S/C22H17FN2O4/c1-14-19(22(27)29-13-15-6-3-2-4-7-15)16-8-5-9-17(23)20(16)21(26)25(14)12-18-24-10-11-28-18/h2-11H,12-13H2,1H3. The first-order valence-corrected chi connectivity index (χ1v) is 8.97. The molecule has 0 spiro atoms. The van der Waals surface area contributed by atoms with Gasteiger partial charge in [0.25, 0.3) is 5.56 Å². The number of esters is 1. The van der Waals surface area contributed by atoms with Crippen molar-refractivity contribution in [2.45, 2.75) is 20.1 Å². The molecule has 0 atom stereocenters. The predicted molar refractivity (Wildman–Crippen MR) is 104 cm³/mol. The number of hydrogen-bond acceptors (Lipinski definition) is 5. The first kappa shape index (κ1) is 18.6. The topological polar surface area (TPSA) is 74.3 Å². The van der Waals surface area contributed by atoms with Gasteiger partial charge in [-0.1, -0.05) is 42.5 Å². The number of rotatable bonds is 5. The number of ether oxygens (including phenoxy) is 1. The molecule has 4 aromatic rings. The Bertz CT molecular complexity index is 1230. The average molecular weight is 392 g/mol. The zero-order valence-corrected chi connectivity index (χ0v) is 15.6. The summed E-state index contributed by atoms with van der Waals surface area (Å²) in [6, 6.07) is 13.4. The number of halogens is 1. The van der Waals surface area contributed by atoms with Crippen LogP contribution in [-0.2, 0) is 17.9 Å². The molecule has 2 heterocycles. The number of aromatic nitrogens is 2. The quantitative estimate of drug-likeness (QED) is 0.483. The maximum Gasteiger partial charge on any atom is 0.340 e. The molecule has 0 aliphatic rings. The minimum Gasteiger partial charge on any atom is -0.457 e. The summed E-state index contributed by atoms with van der Waals surface area (Å²) >= 11 is 0. The van der Waals surface area contributed by atoms with Crippen LogP contribution < -0.4 is 5.56 Å². The fraction of sp³-hybridized carbons (Fsp3) is 0.136. The van der Waals surface area contributed by atoms with E-state index in [2.05, 4.69) is 4.98 Å². The number of fused-ring (bicyclic) bond motifs is 1. The number of nitrogens with zero attached hydrogens (tertiary/aromatic N) is 2. The number of carbonyl (C=O) groups excluding carboxylic acids is 1. The van der Waals surface area contributed by atoms with Crippen molar-refractivity contribution in [1.82, 2.24) is 9.55 Å². The lowest BCUT2D eigenvalue weighted by Crippen LogP contribution is -2.27. The highest BCUT2D eigenvalue weighted by atomic mass is 19.1. The first-order chi connectivity index (χ1) is 14.1. The van der Waals surface area contributed by atoms with Crippen LogP contribution in [0.1, 0.15) is 27.5 Å². The summed E-state index contributed by atoms with van der Waals surface area (Å²) in [5, 5.41) is 0.0468. The Hall–Kier alpha value is -3.74. The van der Waals surface area contributed by atoms with Gasteiger partial charge in [0.2, 0.25) is 5.89 Å². The van der Waals surface area contributed by atoms with E-state index in [1.54, 1.807) is 13.0 Å². The fourth-order valence-electron chi connectivity index (χ4n) is 3.28. The number of carbonyl (C=O) groups is 1. The summed E-state index contributed by atoms with van der Waals surface area (Å²) in [6.07, 6.45) is 2.83. The van der Waals surface area contributed by atoms with Crippen molar-refractivity contribution < 1.29 is 18.3 Å². The van der Waals surface area contributed by atoms with Crippen LogP contribution in [0.5, 0.6) is 0 Å². The normalized spacial score (nSPS) is 11.0. The van der Waals surface area contributed by atoms with E-state index in [9.17, 15) is 14.0 Å². The monoisotopic (exact) mass is 392 g/mol. The molecule has 29 heavy (non-hydrogen) atoms. The van der Waals surface area contributed by atoms with Gasteiger partial charge in [-0.15, -0.1) is 0 Å². The van der Waals surface area contributed by atoms with Crippen LogP contribution in [0.25, 0.3) is 10.8 Å². The van der Waals surface area contributed by atoms with Crippen molar-refractivity contribution in [2.24, 2.45) is 0 Å². The Morgan fingerprint density at radius 2 is 1.97 bits per heavy atom. The molecule has 146 valence electrons. The molecule has 0 bridgehead atoms. The second kappa shape index (κ2) is 7.71. The van der Waals surface area contributed by atoms with Crippen LogP contribution in [0.15, 0.2) is 70.2 Å². The van der Waals surface area contributed by atoms with Crippen molar-refractivity contribution in [2.75, 3.05) is 0 Å². The molecule has 0 aliphatic heterocycles. The average Bonchev–Trinajstić information content (AvgIpc) is 3.23. The summed E-state index contributed by atoms with van der Waals surface area (Å²) in [6.45, 7) is 1.66. The SMILES string of the molecule is Cc1c(C(=O)OCc2ccccc2)c2cccc(F)c2c(=O)n1Cc1ncco1. The molecule has 2 aromatic heterocycles. The van der Waals surface area contributed by atoms with Crippen molar-refractivity contribution in [3.8, 4) is 0 Å². The molecule has 2 aromatic carbocycles. The first-order valence-electron chi connectivity index (χ1n) is 8.97. The lowest BCUT2D eigenvalue weighted by atomic mass is 10.0. The second-order valence-corrected chi connectivity index (χ2v) is 6.50. The van der Waals surface area contributed by atoms with Crippen LogP contribution in [0.4, 0.5) is 4.39 Å². The van der Waals surface area contributed by atoms with E-state index in [1.807, 2.05) is 30.3 Å². The van der Waals surface area contributed by atoms with Gasteiger partial charge in [-0.05, 0) is 18.6 Å². The molecule has 0 saturated heterocycles. The molecule has 4 rings (SSSR count). The predicted octanol–water partition coefficient (Wildman–Crippen LogP) is 3.84. The highest BCUT2D eigenvalue weighted by Gasteiger charge is 2.23. The van der Waals surface area contributed by atoms with E-state index in [4.69, 9.17) is 9.15 Å². The molecule has 7 heteroatoms. The van der Waals surface area contributed by atoms with E-state index in [0.29, 0.717) is 5.69 Å². The van der Waals surface area contributed by atoms with Gasteiger partial charge < -0.3 is 13.7 Å². The van der Waals surface area contributed by atoms with Crippen LogP contribution in [-0.4, -0.2) is 15.5 Å². The third kappa shape index (κ3) is 3.54. The molecule has 0 aliphatic carbocycles. The number of oxazole rings is 1. The minimum absolute atomic E-state index is 0.0269. The molecule has 0 unspecified atom stereocenters. The van der Waals surface area contributed by atoms with Crippen molar-refractivity contribution in [3.05, 3.63) is 99.9 Å². The lowest BCUT2D eigenvalue weighted by Gasteiger charge is -2.16. The van der Waals surface area contributed by atoms with E-state index in [-0.39, 0.29) is 35.4 Å². The molecular weight excluding hydrogens is 375 g/mol. The number of hydrogen-bond donors (Lipinski definition) is 0. The van der Waals surface area contributed by atoms with E-state index < -0.39 is 17.3 Å². The molecule has 0 N–H and O–H groups in total. The third-order valence-corrected chi connectivity index (χ3v) is 4.70. The van der Waals surface area contributed by atoms with Crippen molar-refractivity contribution in [3.63, 3.8) is 0 Å².